The Balaban J connectivity index is 2.22. The minimum Gasteiger partial charge on any atom is -0.491 e. The highest BCUT2D eigenvalue weighted by Crippen LogP contribution is 2.30. The van der Waals surface area contributed by atoms with E-state index in [-0.39, 0.29) is 5.75 Å². The van der Waals surface area contributed by atoms with Gasteiger partial charge in [0.1, 0.15) is 0 Å². The van der Waals surface area contributed by atoms with E-state index in [1.807, 2.05) is 24.3 Å². The molecule has 0 aliphatic carbocycles. The third-order valence-corrected chi connectivity index (χ3v) is 2.92. The fraction of sp³-hybridized carbons (Fsp3) is 0.188. The van der Waals surface area contributed by atoms with Crippen LogP contribution in [0.4, 0.5) is 21.5 Å². The zero-order chi connectivity index (χ0) is 15.2. The molecule has 0 spiro atoms. The second-order valence-corrected chi connectivity index (χ2v) is 4.46. The highest BCUT2D eigenvalue weighted by molar-refractivity contribution is 5.74. The summed E-state index contributed by atoms with van der Waals surface area (Å²) in [6.07, 6.45) is 0.369. The first-order valence-corrected chi connectivity index (χ1v) is 6.58. The maximum atomic E-state index is 13.6. The number of halogens is 1. The predicted molar refractivity (Wildman–Crippen MR) is 81.0 cm³/mol. The van der Waals surface area contributed by atoms with E-state index in [4.69, 9.17) is 15.7 Å². The zero-order valence-corrected chi connectivity index (χ0v) is 11.7. The van der Waals surface area contributed by atoms with Gasteiger partial charge in [-0.3, -0.25) is 0 Å². The zero-order valence-electron chi connectivity index (χ0n) is 11.7. The van der Waals surface area contributed by atoms with Gasteiger partial charge in [0.2, 0.25) is 0 Å². The average molecular weight is 285 g/mol. The second kappa shape index (κ2) is 6.62. The molecule has 0 atom stereocenters. The van der Waals surface area contributed by atoms with Crippen LogP contribution in [0.2, 0.25) is 0 Å². The van der Waals surface area contributed by atoms with Gasteiger partial charge in [0, 0.05) is 17.8 Å². The van der Waals surface area contributed by atoms with Crippen molar-refractivity contribution in [3.05, 3.63) is 47.8 Å². The van der Waals surface area contributed by atoms with Crippen LogP contribution in [0.1, 0.15) is 12.5 Å². The van der Waals surface area contributed by atoms with E-state index in [1.54, 1.807) is 6.92 Å². The number of nitrogen functional groups attached to an aromatic ring is 1. The Kier molecular flexibility index (Phi) is 4.62. The van der Waals surface area contributed by atoms with Crippen molar-refractivity contribution in [2.45, 2.75) is 13.3 Å². The molecule has 0 unspecified atom stereocenters. The largest absolute Gasteiger partial charge is 0.491 e. The number of nitrogens with two attached hydrogens (primary N) is 1. The van der Waals surface area contributed by atoms with Crippen molar-refractivity contribution in [1.29, 1.82) is 5.26 Å². The minimum atomic E-state index is -0.482. The lowest BCUT2D eigenvalue weighted by atomic mass is 10.1. The Morgan fingerprint density at radius 1 is 1.29 bits per heavy atom. The Labute approximate surface area is 123 Å². The summed E-state index contributed by atoms with van der Waals surface area (Å²) in [7, 11) is 0. The standard InChI is InChI=1S/C16H16FN3O/c1-2-21-16-10-15(14(19)9-13(16)17)20-12-5-3-11(4-6-12)7-8-18/h3-6,9-10,20H,2,7,19H2,1H3. The molecule has 108 valence electrons. The third kappa shape index (κ3) is 3.63. The first-order valence-electron chi connectivity index (χ1n) is 6.58. The number of nitriles is 1. The minimum absolute atomic E-state index is 0.162. The molecule has 0 fully saturated rings. The van der Waals surface area contributed by atoms with Gasteiger partial charge >= 0.3 is 0 Å². The summed E-state index contributed by atoms with van der Waals surface area (Å²) >= 11 is 0. The van der Waals surface area contributed by atoms with E-state index >= 15 is 0 Å². The van der Waals surface area contributed by atoms with Crippen LogP contribution in [-0.4, -0.2) is 6.61 Å². The van der Waals surface area contributed by atoms with Crippen molar-refractivity contribution >= 4 is 17.1 Å². The van der Waals surface area contributed by atoms with Crippen molar-refractivity contribution in [3.8, 4) is 11.8 Å². The van der Waals surface area contributed by atoms with Crippen LogP contribution in [0.25, 0.3) is 0 Å². The van der Waals surface area contributed by atoms with E-state index in [9.17, 15) is 4.39 Å². The Morgan fingerprint density at radius 2 is 2.00 bits per heavy atom. The topological polar surface area (TPSA) is 71.1 Å². The molecule has 0 aliphatic heterocycles. The van der Waals surface area contributed by atoms with E-state index < -0.39 is 5.82 Å². The van der Waals surface area contributed by atoms with Gasteiger partial charge in [-0.25, -0.2) is 4.39 Å². The summed E-state index contributed by atoms with van der Waals surface area (Å²) in [5.74, 6) is -0.320. The van der Waals surface area contributed by atoms with Gasteiger partial charge in [-0.15, -0.1) is 0 Å². The number of nitrogens with one attached hydrogen (secondary N) is 1. The van der Waals surface area contributed by atoms with Crippen LogP contribution in [-0.2, 0) is 6.42 Å². The van der Waals surface area contributed by atoms with Gasteiger partial charge in [-0.2, -0.15) is 5.26 Å². The molecule has 3 N–H and O–H groups in total. The lowest BCUT2D eigenvalue weighted by Gasteiger charge is -2.13. The summed E-state index contributed by atoms with van der Waals surface area (Å²) in [6.45, 7) is 2.17. The number of rotatable bonds is 5. The van der Waals surface area contributed by atoms with Gasteiger partial charge in [0.15, 0.2) is 11.6 Å². The van der Waals surface area contributed by atoms with E-state index in [1.165, 1.54) is 12.1 Å². The van der Waals surface area contributed by atoms with E-state index in [0.717, 1.165) is 11.3 Å². The molecular weight excluding hydrogens is 269 g/mol. The van der Waals surface area contributed by atoms with Crippen molar-refractivity contribution in [1.82, 2.24) is 0 Å². The number of anilines is 3. The van der Waals surface area contributed by atoms with Crippen LogP contribution in [0.15, 0.2) is 36.4 Å². The average Bonchev–Trinajstić information content (AvgIpc) is 2.46. The molecule has 2 aromatic carbocycles. The van der Waals surface area contributed by atoms with Crippen LogP contribution >= 0.6 is 0 Å². The van der Waals surface area contributed by atoms with Crippen molar-refractivity contribution in [2.75, 3.05) is 17.7 Å². The van der Waals surface area contributed by atoms with E-state index in [2.05, 4.69) is 11.4 Å². The van der Waals surface area contributed by atoms with Crippen LogP contribution in [0.5, 0.6) is 5.75 Å². The van der Waals surface area contributed by atoms with Gasteiger partial charge in [0.25, 0.3) is 0 Å². The molecule has 0 heterocycles. The van der Waals surface area contributed by atoms with E-state index in [0.29, 0.717) is 24.4 Å². The predicted octanol–water partition coefficient (Wildman–Crippen LogP) is 3.62. The van der Waals surface area contributed by atoms with Crippen molar-refractivity contribution in [2.24, 2.45) is 0 Å². The molecular formula is C16H16FN3O. The summed E-state index contributed by atoms with van der Waals surface area (Å²) in [5, 5.41) is 11.7. The maximum Gasteiger partial charge on any atom is 0.167 e. The summed E-state index contributed by atoms with van der Waals surface area (Å²) in [6, 6.07) is 12.3. The molecule has 0 saturated carbocycles. The SMILES string of the molecule is CCOc1cc(Nc2ccc(CC#N)cc2)c(N)cc1F. The molecule has 2 aromatic rings. The first kappa shape index (κ1) is 14.7. The van der Waals surface area contributed by atoms with Crippen LogP contribution < -0.4 is 15.8 Å². The number of hydrogen-bond donors (Lipinski definition) is 2. The molecule has 0 amide bonds. The fourth-order valence-corrected chi connectivity index (χ4v) is 1.90. The Bertz CT molecular complexity index is 662. The number of nitrogens with zero attached hydrogens (tertiary/aromatic N) is 1. The first-order chi connectivity index (χ1) is 10.1. The lowest BCUT2D eigenvalue weighted by Crippen LogP contribution is -2.01. The maximum absolute atomic E-state index is 13.6. The summed E-state index contributed by atoms with van der Waals surface area (Å²) < 4.78 is 18.8. The molecule has 0 aromatic heterocycles. The fourth-order valence-electron chi connectivity index (χ4n) is 1.90. The molecule has 0 saturated heterocycles. The monoisotopic (exact) mass is 285 g/mol. The highest BCUT2D eigenvalue weighted by Gasteiger charge is 2.09. The van der Waals surface area contributed by atoms with Gasteiger partial charge in [0.05, 0.1) is 30.5 Å². The number of ether oxygens (including phenoxy) is 1. The smallest absolute Gasteiger partial charge is 0.167 e. The lowest BCUT2D eigenvalue weighted by molar-refractivity contribution is 0.322. The van der Waals surface area contributed by atoms with Crippen LogP contribution in [0, 0.1) is 17.1 Å². The molecule has 4 nitrogen and oxygen atoms in total. The highest BCUT2D eigenvalue weighted by atomic mass is 19.1. The third-order valence-electron chi connectivity index (χ3n) is 2.92. The van der Waals surface area contributed by atoms with Crippen molar-refractivity contribution < 1.29 is 9.13 Å². The Hall–Kier alpha value is -2.74. The normalized spacial score (nSPS) is 9.95. The summed E-state index contributed by atoms with van der Waals surface area (Å²) in [5.41, 5.74) is 8.43. The molecule has 0 radical (unpaired) electrons. The molecule has 5 heteroatoms. The van der Waals surface area contributed by atoms with Gasteiger partial charge in [-0.05, 0) is 24.6 Å². The van der Waals surface area contributed by atoms with Gasteiger partial charge < -0.3 is 15.8 Å². The summed E-state index contributed by atoms with van der Waals surface area (Å²) in [4.78, 5) is 0. The molecule has 0 bridgehead atoms. The van der Waals surface area contributed by atoms with Crippen LogP contribution in [0.3, 0.4) is 0 Å². The number of benzene rings is 2. The van der Waals surface area contributed by atoms with Crippen molar-refractivity contribution in [3.63, 3.8) is 0 Å². The number of hydrogen-bond acceptors (Lipinski definition) is 4. The molecule has 21 heavy (non-hydrogen) atoms. The second-order valence-electron chi connectivity index (χ2n) is 4.46. The quantitative estimate of drug-likeness (QED) is 0.823. The van der Waals surface area contributed by atoms with Gasteiger partial charge in [-0.1, -0.05) is 12.1 Å². The molecule has 0 aliphatic rings. The Morgan fingerprint density at radius 3 is 2.62 bits per heavy atom. The molecule has 2 rings (SSSR count).